The van der Waals surface area contributed by atoms with E-state index in [-0.39, 0.29) is 16.6 Å². The summed E-state index contributed by atoms with van der Waals surface area (Å²) in [4.78, 5) is 12.6. The summed E-state index contributed by atoms with van der Waals surface area (Å²) in [6.07, 6.45) is 1.71. The van der Waals surface area contributed by atoms with Crippen molar-refractivity contribution in [2.75, 3.05) is 26.5 Å². The molecule has 0 spiro atoms. The Hall–Kier alpha value is -3.17. The lowest BCUT2D eigenvalue weighted by molar-refractivity contribution is 0.102. The second-order valence-corrected chi connectivity index (χ2v) is 8.66. The van der Waals surface area contributed by atoms with Gasteiger partial charge in [0.25, 0.3) is 5.91 Å². The number of carbonyl (C=O) groups excluding carboxylic acids is 1. The Morgan fingerprint density at radius 2 is 1.79 bits per heavy atom. The number of ether oxygens (including phenoxy) is 1. The largest absolute Gasteiger partial charge is 0.495 e. The van der Waals surface area contributed by atoms with Crippen LogP contribution in [0.2, 0.25) is 0 Å². The summed E-state index contributed by atoms with van der Waals surface area (Å²) in [7, 11) is 0.531. The van der Waals surface area contributed by atoms with Crippen molar-refractivity contribution in [3.63, 3.8) is 0 Å². The fraction of sp³-hybridized carbons (Fsp3) is 0.200. The molecule has 29 heavy (non-hydrogen) atoms. The van der Waals surface area contributed by atoms with Crippen LogP contribution in [0.15, 0.2) is 59.6 Å². The van der Waals surface area contributed by atoms with Crippen molar-refractivity contribution in [3.8, 4) is 11.4 Å². The van der Waals surface area contributed by atoms with Gasteiger partial charge in [0.1, 0.15) is 10.6 Å². The minimum Gasteiger partial charge on any atom is -0.495 e. The number of aromatic nitrogens is 2. The average Bonchev–Trinajstić information content (AvgIpc) is 3.13. The van der Waals surface area contributed by atoms with Crippen molar-refractivity contribution >= 4 is 21.6 Å². The predicted octanol–water partition coefficient (Wildman–Crippen LogP) is 2.69. The van der Waals surface area contributed by atoms with E-state index in [4.69, 9.17) is 4.74 Å². The van der Waals surface area contributed by atoms with Crippen molar-refractivity contribution in [1.29, 1.82) is 0 Å². The SMILES string of the molecule is COc1ccc(NC(=O)c2ccc(-n3nccc3C)cc2)cc1S(=O)(=O)N(C)C. The van der Waals surface area contributed by atoms with Crippen molar-refractivity contribution in [1.82, 2.24) is 14.1 Å². The molecule has 0 unspecified atom stereocenters. The summed E-state index contributed by atoms with van der Waals surface area (Å²) in [5.74, 6) is -0.150. The highest BCUT2D eigenvalue weighted by Crippen LogP contribution is 2.29. The molecule has 1 aromatic heterocycles. The standard InChI is InChI=1S/C20H22N4O4S/c1-14-11-12-21-24(14)17-8-5-15(6-9-17)20(25)22-16-7-10-18(28-4)19(13-16)29(26,27)23(2)3/h5-13H,1-4H3,(H,22,25). The lowest BCUT2D eigenvalue weighted by Gasteiger charge is -2.16. The van der Waals surface area contributed by atoms with Crippen molar-refractivity contribution in [3.05, 3.63) is 66.0 Å². The van der Waals surface area contributed by atoms with E-state index in [1.165, 1.54) is 33.3 Å². The second-order valence-electron chi connectivity index (χ2n) is 6.54. The summed E-state index contributed by atoms with van der Waals surface area (Å²) < 4.78 is 33.1. The van der Waals surface area contributed by atoms with Crippen LogP contribution in [0.4, 0.5) is 5.69 Å². The minimum atomic E-state index is -3.73. The van der Waals surface area contributed by atoms with Crippen LogP contribution in [0.1, 0.15) is 16.1 Å². The lowest BCUT2D eigenvalue weighted by Crippen LogP contribution is -2.23. The lowest BCUT2D eigenvalue weighted by atomic mass is 10.2. The zero-order valence-corrected chi connectivity index (χ0v) is 17.4. The fourth-order valence-electron chi connectivity index (χ4n) is 2.75. The highest BCUT2D eigenvalue weighted by molar-refractivity contribution is 7.89. The normalized spacial score (nSPS) is 11.5. The van der Waals surface area contributed by atoms with E-state index < -0.39 is 10.0 Å². The van der Waals surface area contributed by atoms with Gasteiger partial charge >= 0.3 is 0 Å². The summed E-state index contributed by atoms with van der Waals surface area (Å²) in [6, 6.07) is 13.3. The first-order valence-electron chi connectivity index (χ1n) is 8.77. The van der Waals surface area contributed by atoms with E-state index >= 15 is 0 Å². The summed E-state index contributed by atoms with van der Waals surface area (Å²) in [6.45, 7) is 1.94. The molecule has 8 nitrogen and oxygen atoms in total. The molecule has 0 aliphatic rings. The molecule has 9 heteroatoms. The Kier molecular flexibility index (Phi) is 5.71. The van der Waals surface area contributed by atoms with Crippen LogP contribution in [-0.4, -0.2) is 49.6 Å². The molecule has 0 saturated heterocycles. The maximum absolute atomic E-state index is 12.6. The molecule has 152 valence electrons. The van der Waals surface area contributed by atoms with Gasteiger partial charge in [-0.2, -0.15) is 5.10 Å². The molecule has 0 aliphatic heterocycles. The van der Waals surface area contributed by atoms with Gasteiger partial charge in [0.05, 0.1) is 12.8 Å². The molecule has 0 atom stereocenters. The van der Waals surface area contributed by atoms with E-state index in [0.29, 0.717) is 11.3 Å². The molecule has 0 saturated carbocycles. The van der Waals surface area contributed by atoms with Crippen LogP contribution in [0, 0.1) is 6.92 Å². The number of benzene rings is 2. The first-order valence-corrected chi connectivity index (χ1v) is 10.2. The number of sulfonamides is 1. The molecular weight excluding hydrogens is 392 g/mol. The number of hydrogen-bond acceptors (Lipinski definition) is 5. The van der Waals surface area contributed by atoms with Crippen LogP contribution in [-0.2, 0) is 10.0 Å². The number of anilines is 1. The van der Waals surface area contributed by atoms with Crippen molar-refractivity contribution in [2.45, 2.75) is 11.8 Å². The average molecular weight is 414 g/mol. The van der Waals surface area contributed by atoms with E-state index in [0.717, 1.165) is 15.7 Å². The summed E-state index contributed by atoms with van der Waals surface area (Å²) in [5.41, 5.74) is 2.61. The van der Waals surface area contributed by atoms with Crippen molar-refractivity contribution < 1.29 is 17.9 Å². The second kappa shape index (κ2) is 8.06. The first-order chi connectivity index (χ1) is 13.7. The van der Waals surface area contributed by atoms with Gasteiger partial charge < -0.3 is 10.1 Å². The zero-order chi connectivity index (χ0) is 21.2. The maximum Gasteiger partial charge on any atom is 0.255 e. The third kappa shape index (κ3) is 4.15. The highest BCUT2D eigenvalue weighted by Gasteiger charge is 2.23. The number of nitrogens with zero attached hydrogens (tertiary/aromatic N) is 3. The molecule has 0 radical (unpaired) electrons. The molecule has 0 aliphatic carbocycles. The van der Waals surface area contributed by atoms with Crippen LogP contribution < -0.4 is 10.1 Å². The third-order valence-corrected chi connectivity index (χ3v) is 6.22. The van der Waals surface area contributed by atoms with E-state index in [1.54, 1.807) is 41.2 Å². The monoisotopic (exact) mass is 414 g/mol. The molecule has 0 fully saturated rings. The first kappa shape index (κ1) is 20.6. The Morgan fingerprint density at radius 1 is 1.10 bits per heavy atom. The number of hydrogen-bond donors (Lipinski definition) is 1. The van der Waals surface area contributed by atoms with Gasteiger partial charge in [0.2, 0.25) is 10.0 Å². The molecule has 0 bridgehead atoms. The molecular formula is C20H22N4O4S. The molecule has 3 aromatic rings. The van der Waals surface area contributed by atoms with E-state index in [1.807, 2.05) is 13.0 Å². The fourth-order valence-corrected chi connectivity index (χ4v) is 3.82. The number of methoxy groups -OCH3 is 1. The van der Waals surface area contributed by atoms with Gasteiger partial charge in [-0.3, -0.25) is 4.79 Å². The number of carbonyl (C=O) groups is 1. The maximum atomic E-state index is 12.6. The number of nitrogens with one attached hydrogen (secondary N) is 1. The smallest absolute Gasteiger partial charge is 0.255 e. The number of aryl methyl sites for hydroxylation is 1. The Balaban J connectivity index is 1.85. The van der Waals surface area contributed by atoms with E-state index in [9.17, 15) is 13.2 Å². The van der Waals surface area contributed by atoms with Crippen LogP contribution in [0.5, 0.6) is 5.75 Å². The van der Waals surface area contributed by atoms with Gasteiger partial charge in [-0.1, -0.05) is 0 Å². The molecule has 1 N–H and O–H groups in total. The molecule has 2 aromatic carbocycles. The highest BCUT2D eigenvalue weighted by atomic mass is 32.2. The quantitative estimate of drug-likeness (QED) is 0.669. The molecule has 1 heterocycles. The minimum absolute atomic E-state index is 0.0210. The van der Waals surface area contributed by atoms with Crippen LogP contribution in [0.3, 0.4) is 0 Å². The number of amides is 1. The zero-order valence-electron chi connectivity index (χ0n) is 16.6. The van der Waals surface area contributed by atoms with E-state index in [2.05, 4.69) is 10.4 Å². The molecule has 3 rings (SSSR count). The van der Waals surface area contributed by atoms with Gasteiger partial charge in [0, 0.05) is 37.2 Å². The van der Waals surface area contributed by atoms with Crippen molar-refractivity contribution in [2.24, 2.45) is 0 Å². The Bertz CT molecular complexity index is 1140. The van der Waals surface area contributed by atoms with Gasteiger partial charge in [-0.05, 0) is 55.5 Å². The Morgan fingerprint density at radius 3 is 2.34 bits per heavy atom. The van der Waals surface area contributed by atoms with Gasteiger partial charge in [0.15, 0.2) is 0 Å². The third-order valence-electron chi connectivity index (χ3n) is 4.39. The topological polar surface area (TPSA) is 93.5 Å². The molecule has 1 amide bonds. The van der Waals surface area contributed by atoms with Crippen LogP contribution in [0.25, 0.3) is 5.69 Å². The van der Waals surface area contributed by atoms with Gasteiger partial charge in [-0.25, -0.2) is 17.4 Å². The summed E-state index contributed by atoms with van der Waals surface area (Å²) >= 11 is 0. The van der Waals surface area contributed by atoms with Gasteiger partial charge in [-0.15, -0.1) is 0 Å². The summed E-state index contributed by atoms with van der Waals surface area (Å²) in [5, 5.41) is 6.96. The van der Waals surface area contributed by atoms with Crippen LogP contribution >= 0.6 is 0 Å². The Labute approximate surface area is 169 Å². The number of rotatable bonds is 6. The predicted molar refractivity (Wildman–Crippen MR) is 110 cm³/mol.